The van der Waals surface area contributed by atoms with Crippen LogP contribution in [0.4, 0.5) is 0 Å². The van der Waals surface area contributed by atoms with E-state index in [9.17, 15) is 9.59 Å². The highest BCUT2D eigenvalue weighted by molar-refractivity contribution is 5.86. The molecule has 20 heavy (non-hydrogen) atoms. The Morgan fingerprint density at radius 3 is 2.55 bits per heavy atom. The molecule has 2 N–H and O–H groups in total. The molecule has 5 nitrogen and oxygen atoms in total. The van der Waals surface area contributed by atoms with E-state index in [1.165, 1.54) is 0 Å². The maximum Gasteiger partial charge on any atom is 0.252 e. The van der Waals surface area contributed by atoms with Gasteiger partial charge in [0.15, 0.2) is 6.10 Å². The molecule has 1 saturated heterocycles. The summed E-state index contributed by atoms with van der Waals surface area (Å²) >= 11 is 0. The lowest BCUT2D eigenvalue weighted by Gasteiger charge is -2.33. The van der Waals surface area contributed by atoms with Crippen LogP contribution in [0.5, 0.6) is 0 Å². The lowest BCUT2D eigenvalue weighted by Crippen LogP contribution is -2.55. The molecule has 0 spiro atoms. The van der Waals surface area contributed by atoms with Gasteiger partial charge in [-0.1, -0.05) is 30.3 Å². The fraction of sp³-hybridized carbons (Fsp3) is 0.467. The Balaban J connectivity index is 2.21. The summed E-state index contributed by atoms with van der Waals surface area (Å²) in [7, 11) is 0. The first-order valence-electron chi connectivity index (χ1n) is 6.65. The lowest BCUT2D eigenvalue weighted by atomic mass is 9.98. The number of rotatable bonds is 2. The van der Waals surface area contributed by atoms with Crippen molar-refractivity contribution in [2.45, 2.75) is 38.5 Å². The second kappa shape index (κ2) is 5.63. The molecule has 0 bridgehead atoms. The number of carbonyl (C=O) groups is 2. The topological polar surface area (TPSA) is 67.4 Å². The molecule has 1 aliphatic heterocycles. The molecule has 0 unspecified atom stereocenters. The van der Waals surface area contributed by atoms with E-state index in [4.69, 9.17) is 4.74 Å². The maximum absolute atomic E-state index is 12.3. The van der Waals surface area contributed by atoms with Crippen LogP contribution in [0.25, 0.3) is 0 Å². The third-order valence-electron chi connectivity index (χ3n) is 2.93. The van der Waals surface area contributed by atoms with Gasteiger partial charge in [-0.25, -0.2) is 0 Å². The highest BCUT2D eigenvalue weighted by Gasteiger charge is 2.37. The predicted molar refractivity (Wildman–Crippen MR) is 75.0 cm³/mol. The number of nitrogens with one attached hydrogen (secondary N) is 2. The van der Waals surface area contributed by atoms with E-state index in [2.05, 4.69) is 10.6 Å². The van der Waals surface area contributed by atoms with Gasteiger partial charge in [0.2, 0.25) is 5.91 Å². The predicted octanol–water partition coefficient (Wildman–Crippen LogP) is 1.16. The summed E-state index contributed by atoms with van der Waals surface area (Å²) in [6.07, 6.45) is -0.714. The van der Waals surface area contributed by atoms with Crippen molar-refractivity contribution in [3.8, 4) is 0 Å². The smallest absolute Gasteiger partial charge is 0.252 e. The zero-order chi connectivity index (χ0) is 14.8. The summed E-state index contributed by atoms with van der Waals surface area (Å²) in [5.74, 6) is -0.426. The zero-order valence-corrected chi connectivity index (χ0v) is 12.0. The Morgan fingerprint density at radius 2 is 1.95 bits per heavy atom. The van der Waals surface area contributed by atoms with Crippen LogP contribution in [0.3, 0.4) is 0 Å². The molecule has 108 valence electrons. The molecule has 1 fully saturated rings. The monoisotopic (exact) mass is 276 g/mol. The van der Waals surface area contributed by atoms with Crippen molar-refractivity contribution in [3.05, 3.63) is 35.9 Å². The van der Waals surface area contributed by atoms with Gasteiger partial charge < -0.3 is 15.4 Å². The Hall–Kier alpha value is -1.88. The molecule has 2 rings (SSSR count). The fourth-order valence-corrected chi connectivity index (χ4v) is 2.14. The van der Waals surface area contributed by atoms with E-state index in [0.717, 1.165) is 5.56 Å². The van der Waals surface area contributed by atoms with Gasteiger partial charge in [0, 0.05) is 5.54 Å². The van der Waals surface area contributed by atoms with Gasteiger partial charge in [0.25, 0.3) is 5.91 Å². The van der Waals surface area contributed by atoms with Gasteiger partial charge in [0.1, 0.15) is 6.61 Å². The third-order valence-corrected chi connectivity index (χ3v) is 2.93. The normalized spacial score (nSPS) is 23.1. The number of amides is 2. The number of morpholine rings is 1. The van der Waals surface area contributed by atoms with E-state index in [1.807, 2.05) is 51.1 Å². The number of benzene rings is 1. The van der Waals surface area contributed by atoms with E-state index >= 15 is 0 Å². The molecular formula is C15H20N2O3. The molecule has 2 amide bonds. The zero-order valence-electron chi connectivity index (χ0n) is 12.0. The molecule has 1 aliphatic rings. The Labute approximate surface area is 118 Å². The lowest BCUT2D eigenvalue weighted by molar-refractivity contribution is -0.148. The quantitative estimate of drug-likeness (QED) is 0.851. The molecule has 1 aromatic rings. The van der Waals surface area contributed by atoms with Gasteiger partial charge in [-0.15, -0.1) is 0 Å². The number of carbonyl (C=O) groups excluding carboxylic acids is 2. The van der Waals surface area contributed by atoms with Crippen LogP contribution in [-0.4, -0.2) is 30.1 Å². The highest BCUT2D eigenvalue weighted by Crippen LogP contribution is 2.23. The van der Waals surface area contributed by atoms with Crippen LogP contribution in [0.2, 0.25) is 0 Å². The van der Waals surface area contributed by atoms with Crippen molar-refractivity contribution < 1.29 is 14.3 Å². The van der Waals surface area contributed by atoms with Crippen molar-refractivity contribution in [1.82, 2.24) is 10.6 Å². The summed E-state index contributed by atoms with van der Waals surface area (Å²) < 4.78 is 5.44. The van der Waals surface area contributed by atoms with Crippen molar-refractivity contribution in [2.75, 3.05) is 6.61 Å². The first-order valence-corrected chi connectivity index (χ1v) is 6.65. The van der Waals surface area contributed by atoms with Gasteiger partial charge in [-0.2, -0.15) is 0 Å². The first kappa shape index (κ1) is 14.5. The van der Waals surface area contributed by atoms with Crippen LogP contribution >= 0.6 is 0 Å². The van der Waals surface area contributed by atoms with Crippen LogP contribution in [0, 0.1) is 0 Å². The summed E-state index contributed by atoms with van der Waals surface area (Å²) in [6, 6.07) is 8.91. The minimum Gasteiger partial charge on any atom is -0.356 e. The SMILES string of the molecule is CC(C)(C)NC(=O)[C@H]1OCC(=O)N[C@@H]1c1ccccc1. The number of hydrogen-bond donors (Lipinski definition) is 2. The average Bonchev–Trinajstić information content (AvgIpc) is 2.37. The molecule has 0 saturated carbocycles. The van der Waals surface area contributed by atoms with Gasteiger partial charge in [0.05, 0.1) is 6.04 Å². The summed E-state index contributed by atoms with van der Waals surface area (Å²) in [4.78, 5) is 23.8. The standard InChI is InChI=1S/C15H20N2O3/c1-15(2,3)17-14(19)13-12(16-11(18)9-20-13)10-7-5-4-6-8-10/h4-8,12-13H,9H2,1-3H3,(H,16,18)(H,17,19)/t12-,13+/m1/s1. The third kappa shape index (κ3) is 3.57. The van der Waals surface area contributed by atoms with E-state index in [-0.39, 0.29) is 24.0 Å². The summed E-state index contributed by atoms with van der Waals surface area (Å²) in [6.45, 7) is 5.63. The average molecular weight is 276 g/mol. The van der Waals surface area contributed by atoms with Crippen molar-refractivity contribution in [2.24, 2.45) is 0 Å². The minimum atomic E-state index is -0.714. The molecule has 5 heteroatoms. The minimum absolute atomic E-state index is 0.0917. The second-order valence-corrected chi connectivity index (χ2v) is 5.93. The van der Waals surface area contributed by atoms with Gasteiger partial charge in [-0.05, 0) is 26.3 Å². The van der Waals surface area contributed by atoms with Crippen LogP contribution in [0.15, 0.2) is 30.3 Å². The van der Waals surface area contributed by atoms with Crippen LogP contribution in [0.1, 0.15) is 32.4 Å². The van der Waals surface area contributed by atoms with Crippen LogP contribution < -0.4 is 10.6 Å². The molecule has 0 aliphatic carbocycles. The van der Waals surface area contributed by atoms with E-state index in [0.29, 0.717) is 0 Å². The molecule has 1 aromatic carbocycles. The van der Waals surface area contributed by atoms with Crippen LogP contribution in [-0.2, 0) is 14.3 Å². The molecule has 0 radical (unpaired) electrons. The molecular weight excluding hydrogens is 256 g/mol. The Kier molecular flexibility index (Phi) is 4.09. The molecule has 0 aromatic heterocycles. The maximum atomic E-state index is 12.3. The van der Waals surface area contributed by atoms with Gasteiger partial charge >= 0.3 is 0 Å². The van der Waals surface area contributed by atoms with Gasteiger partial charge in [-0.3, -0.25) is 9.59 Å². The first-order chi connectivity index (χ1) is 9.37. The Morgan fingerprint density at radius 1 is 1.30 bits per heavy atom. The fourth-order valence-electron chi connectivity index (χ4n) is 2.14. The van der Waals surface area contributed by atoms with Crippen molar-refractivity contribution >= 4 is 11.8 Å². The van der Waals surface area contributed by atoms with E-state index < -0.39 is 12.1 Å². The summed E-state index contributed by atoms with van der Waals surface area (Å²) in [5.41, 5.74) is 0.512. The largest absolute Gasteiger partial charge is 0.356 e. The number of ether oxygens (including phenoxy) is 1. The highest BCUT2D eigenvalue weighted by atomic mass is 16.5. The van der Waals surface area contributed by atoms with E-state index in [1.54, 1.807) is 0 Å². The molecule has 2 atom stereocenters. The molecule has 1 heterocycles. The summed E-state index contributed by atoms with van der Waals surface area (Å²) in [5, 5.41) is 5.71. The van der Waals surface area contributed by atoms with Crippen molar-refractivity contribution in [1.29, 1.82) is 0 Å². The Bertz CT molecular complexity index is 494. The second-order valence-electron chi connectivity index (χ2n) is 5.93. The number of hydrogen-bond acceptors (Lipinski definition) is 3. The van der Waals surface area contributed by atoms with Crippen molar-refractivity contribution in [3.63, 3.8) is 0 Å².